The fourth-order valence-corrected chi connectivity index (χ4v) is 0.718. The molecule has 3 nitrogen and oxygen atoms in total. The molecule has 0 aliphatic heterocycles. The molecule has 0 bridgehead atoms. The van der Waals surface area contributed by atoms with E-state index in [0.717, 1.165) is 13.0 Å². The number of nitrogens with zero attached hydrogens (tertiary/aromatic N) is 1. The largest absolute Gasteiger partial charge is 0.392 e. The molecule has 0 spiro atoms. The molecule has 0 aliphatic rings. The number of hydrazine groups is 1. The first-order valence-electron chi connectivity index (χ1n) is 3.34. The summed E-state index contributed by atoms with van der Waals surface area (Å²) in [6.45, 7) is 5.20. The Labute approximate surface area is 56.4 Å². The Morgan fingerprint density at radius 2 is 2.22 bits per heavy atom. The molecule has 0 saturated carbocycles. The van der Waals surface area contributed by atoms with E-state index in [0.29, 0.717) is 6.54 Å². The maximum atomic E-state index is 8.83. The van der Waals surface area contributed by atoms with Crippen LogP contribution in [0, 0.1) is 0 Å². The first-order valence-corrected chi connectivity index (χ1v) is 3.34. The van der Waals surface area contributed by atoms with Gasteiger partial charge < -0.3 is 5.11 Å². The molecule has 56 valence electrons. The summed E-state index contributed by atoms with van der Waals surface area (Å²) in [6, 6.07) is 0. The molecule has 0 rings (SSSR count). The summed E-state index contributed by atoms with van der Waals surface area (Å²) in [5.41, 5.74) is 0. The van der Waals surface area contributed by atoms with Crippen molar-refractivity contribution in [2.24, 2.45) is 5.84 Å². The monoisotopic (exact) mass is 132 g/mol. The summed E-state index contributed by atoms with van der Waals surface area (Å²) in [6.07, 6.45) is 0.713. The van der Waals surface area contributed by atoms with Gasteiger partial charge in [0.25, 0.3) is 0 Å². The molecule has 3 heteroatoms. The Balaban J connectivity index is 3.15. The zero-order chi connectivity index (χ0) is 7.28. The zero-order valence-electron chi connectivity index (χ0n) is 6.17. The molecule has 0 saturated heterocycles. The third kappa shape index (κ3) is 5.76. The Bertz CT molecular complexity index is 66.1. The van der Waals surface area contributed by atoms with Gasteiger partial charge in [0, 0.05) is 13.1 Å². The van der Waals surface area contributed by atoms with Crippen LogP contribution in [0.15, 0.2) is 0 Å². The van der Waals surface area contributed by atoms with Crippen LogP contribution in [0.3, 0.4) is 0 Å². The SMILES string of the molecule is CCCN(N)CC(C)O. The Kier molecular flexibility index (Phi) is 4.67. The van der Waals surface area contributed by atoms with E-state index < -0.39 is 0 Å². The zero-order valence-corrected chi connectivity index (χ0v) is 6.17. The second-order valence-electron chi connectivity index (χ2n) is 2.34. The van der Waals surface area contributed by atoms with E-state index in [1.165, 1.54) is 0 Å². The summed E-state index contributed by atoms with van der Waals surface area (Å²) < 4.78 is 0. The minimum atomic E-state index is -0.318. The van der Waals surface area contributed by atoms with Crippen molar-refractivity contribution in [1.29, 1.82) is 0 Å². The molecule has 0 aliphatic carbocycles. The minimum absolute atomic E-state index is 0.318. The highest BCUT2D eigenvalue weighted by molar-refractivity contribution is 4.51. The molecule has 3 N–H and O–H groups in total. The molecule has 0 aromatic heterocycles. The summed E-state index contributed by atoms with van der Waals surface area (Å²) in [7, 11) is 0. The van der Waals surface area contributed by atoms with Crippen LogP contribution in [-0.2, 0) is 0 Å². The predicted octanol–water partition coefficient (Wildman–Crippen LogP) is -0.0471. The third-order valence-electron chi connectivity index (χ3n) is 1.01. The summed E-state index contributed by atoms with van der Waals surface area (Å²) in [5, 5.41) is 10.5. The van der Waals surface area contributed by atoms with Crippen molar-refractivity contribution in [3.05, 3.63) is 0 Å². The number of rotatable bonds is 4. The Morgan fingerprint density at radius 3 is 2.56 bits per heavy atom. The smallest absolute Gasteiger partial charge is 0.0653 e. The highest BCUT2D eigenvalue weighted by atomic mass is 16.3. The van der Waals surface area contributed by atoms with Crippen molar-refractivity contribution < 1.29 is 5.11 Å². The Hall–Kier alpha value is -0.120. The Morgan fingerprint density at radius 1 is 1.67 bits per heavy atom. The van der Waals surface area contributed by atoms with Crippen LogP contribution in [0.1, 0.15) is 20.3 Å². The van der Waals surface area contributed by atoms with Gasteiger partial charge in [0.2, 0.25) is 0 Å². The van der Waals surface area contributed by atoms with E-state index in [9.17, 15) is 0 Å². The van der Waals surface area contributed by atoms with E-state index in [4.69, 9.17) is 10.9 Å². The molecular weight excluding hydrogens is 116 g/mol. The molecule has 0 heterocycles. The fourth-order valence-electron chi connectivity index (χ4n) is 0.718. The van der Waals surface area contributed by atoms with Gasteiger partial charge in [-0.3, -0.25) is 5.84 Å². The molecule has 0 radical (unpaired) electrons. The van der Waals surface area contributed by atoms with Gasteiger partial charge in [-0.2, -0.15) is 0 Å². The van der Waals surface area contributed by atoms with Crippen molar-refractivity contribution in [3.63, 3.8) is 0 Å². The lowest BCUT2D eigenvalue weighted by Gasteiger charge is -2.16. The van der Waals surface area contributed by atoms with Crippen molar-refractivity contribution in [2.75, 3.05) is 13.1 Å². The molecule has 0 amide bonds. The van der Waals surface area contributed by atoms with Crippen LogP contribution >= 0.6 is 0 Å². The van der Waals surface area contributed by atoms with Gasteiger partial charge in [-0.15, -0.1) is 0 Å². The fraction of sp³-hybridized carbons (Fsp3) is 1.00. The first-order chi connectivity index (χ1) is 4.16. The maximum Gasteiger partial charge on any atom is 0.0653 e. The first kappa shape index (κ1) is 8.88. The summed E-state index contributed by atoms with van der Waals surface area (Å²) in [5.74, 6) is 5.46. The second-order valence-corrected chi connectivity index (χ2v) is 2.34. The van der Waals surface area contributed by atoms with Gasteiger partial charge in [0.1, 0.15) is 0 Å². The van der Waals surface area contributed by atoms with Gasteiger partial charge in [-0.1, -0.05) is 6.92 Å². The molecule has 1 atom stereocenters. The molecule has 1 unspecified atom stereocenters. The minimum Gasteiger partial charge on any atom is -0.392 e. The quantitative estimate of drug-likeness (QED) is 0.416. The van der Waals surface area contributed by atoms with Crippen LogP contribution in [-0.4, -0.2) is 29.3 Å². The van der Waals surface area contributed by atoms with Gasteiger partial charge >= 0.3 is 0 Å². The lowest BCUT2D eigenvalue weighted by molar-refractivity contribution is 0.127. The molecule has 0 fully saturated rings. The molecule has 0 aromatic carbocycles. The summed E-state index contributed by atoms with van der Waals surface area (Å²) in [4.78, 5) is 0. The number of hydrogen-bond donors (Lipinski definition) is 2. The van der Waals surface area contributed by atoms with Crippen molar-refractivity contribution in [3.8, 4) is 0 Å². The lowest BCUT2D eigenvalue weighted by Crippen LogP contribution is -2.37. The summed E-state index contributed by atoms with van der Waals surface area (Å²) >= 11 is 0. The average molecular weight is 132 g/mol. The standard InChI is InChI=1S/C6H16N2O/c1-3-4-8(7)5-6(2)9/h6,9H,3-5,7H2,1-2H3. The van der Waals surface area contributed by atoms with Crippen LogP contribution in [0.5, 0.6) is 0 Å². The van der Waals surface area contributed by atoms with Crippen LogP contribution in [0.2, 0.25) is 0 Å². The molecule has 9 heavy (non-hydrogen) atoms. The van der Waals surface area contributed by atoms with Crippen LogP contribution in [0.25, 0.3) is 0 Å². The highest BCUT2D eigenvalue weighted by Gasteiger charge is 1.99. The second kappa shape index (κ2) is 4.73. The predicted molar refractivity (Wildman–Crippen MR) is 37.7 cm³/mol. The van der Waals surface area contributed by atoms with Gasteiger partial charge in [-0.05, 0) is 13.3 Å². The van der Waals surface area contributed by atoms with Gasteiger partial charge in [0.15, 0.2) is 0 Å². The van der Waals surface area contributed by atoms with Crippen molar-refractivity contribution in [2.45, 2.75) is 26.4 Å². The number of aliphatic hydroxyl groups is 1. The molecular formula is C6H16N2O. The third-order valence-corrected chi connectivity index (χ3v) is 1.01. The maximum absolute atomic E-state index is 8.83. The van der Waals surface area contributed by atoms with Crippen molar-refractivity contribution >= 4 is 0 Å². The van der Waals surface area contributed by atoms with Gasteiger partial charge in [0.05, 0.1) is 6.10 Å². The lowest BCUT2D eigenvalue weighted by atomic mass is 10.4. The van der Waals surface area contributed by atoms with E-state index in [2.05, 4.69) is 6.92 Å². The number of aliphatic hydroxyl groups excluding tert-OH is 1. The van der Waals surface area contributed by atoms with E-state index in [-0.39, 0.29) is 6.10 Å². The highest BCUT2D eigenvalue weighted by Crippen LogP contribution is 1.85. The normalized spacial score (nSPS) is 14.3. The van der Waals surface area contributed by atoms with Crippen LogP contribution < -0.4 is 5.84 Å². The van der Waals surface area contributed by atoms with Crippen molar-refractivity contribution in [1.82, 2.24) is 5.01 Å². The van der Waals surface area contributed by atoms with E-state index >= 15 is 0 Å². The number of nitrogens with two attached hydrogens (primary N) is 1. The average Bonchev–Trinajstić information content (AvgIpc) is 1.63. The number of hydrogen-bond acceptors (Lipinski definition) is 3. The molecule has 0 aromatic rings. The van der Waals surface area contributed by atoms with E-state index in [1.807, 2.05) is 0 Å². The topological polar surface area (TPSA) is 49.5 Å². The van der Waals surface area contributed by atoms with E-state index in [1.54, 1.807) is 11.9 Å². The van der Waals surface area contributed by atoms with Crippen LogP contribution in [0.4, 0.5) is 0 Å². The van der Waals surface area contributed by atoms with Gasteiger partial charge in [-0.25, -0.2) is 5.01 Å².